The number of hydrogen-bond acceptors (Lipinski definition) is 5. The van der Waals surface area contributed by atoms with Crippen molar-refractivity contribution in [3.63, 3.8) is 0 Å². The van der Waals surface area contributed by atoms with Gasteiger partial charge in [0.1, 0.15) is 6.04 Å². The third-order valence-corrected chi connectivity index (χ3v) is 5.42. The minimum atomic E-state index is -3.76. The number of carbonyl (C=O) groups is 2. The molecule has 1 atom stereocenters. The second-order valence-corrected chi connectivity index (χ2v) is 6.86. The smallest absolute Gasteiger partial charge is 0.242 e. The van der Waals surface area contributed by atoms with Crippen LogP contribution in [-0.4, -0.2) is 38.6 Å². The normalized spacial score (nSPS) is 20.5. The van der Waals surface area contributed by atoms with Crippen molar-refractivity contribution in [3.05, 3.63) is 24.3 Å². The number of amides is 2. The summed E-state index contributed by atoms with van der Waals surface area (Å²) in [6, 6.07) is 5.56. The quantitative estimate of drug-likeness (QED) is 0.664. The Labute approximate surface area is 120 Å². The lowest BCUT2D eigenvalue weighted by Gasteiger charge is -2.14. The van der Waals surface area contributed by atoms with Crippen molar-refractivity contribution in [2.24, 2.45) is 5.73 Å². The molecule has 0 aliphatic carbocycles. The van der Waals surface area contributed by atoms with E-state index >= 15 is 0 Å². The molecule has 0 radical (unpaired) electrons. The zero-order valence-electron chi connectivity index (χ0n) is 10.3. The van der Waals surface area contributed by atoms with Crippen molar-refractivity contribution in [2.75, 3.05) is 12.3 Å². The summed E-state index contributed by atoms with van der Waals surface area (Å²) >= 11 is 1.26. The van der Waals surface area contributed by atoms with Gasteiger partial charge in [-0.3, -0.25) is 9.59 Å². The van der Waals surface area contributed by atoms with Crippen LogP contribution < -0.4 is 15.8 Å². The number of thioether (sulfide) groups is 1. The Morgan fingerprint density at radius 3 is 2.80 bits per heavy atom. The molecule has 1 aliphatic rings. The van der Waals surface area contributed by atoms with Crippen LogP contribution in [0.15, 0.2) is 34.1 Å². The van der Waals surface area contributed by atoms with Crippen molar-refractivity contribution in [1.82, 2.24) is 10.0 Å². The molecule has 2 amide bonds. The van der Waals surface area contributed by atoms with Gasteiger partial charge in [0, 0.05) is 10.6 Å². The summed E-state index contributed by atoms with van der Waals surface area (Å²) in [7, 11) is -3.76. The molecule has 0 bridgehead atoms. The number of nitrogens with one attached hydrogen (secondary N) is 2. The van der Waals surface area contributed by atoms with Gasteiger partial charge in [0.05, 0.1) is 11.4 Å². The summed E-state index contributed by atoms with van der Waals surface area (Å²) in [4.78, 5) is 23.2. The first-order chi connectivity index (χ1) is 9.40. The maximum Gasteiger partial charge on any atom is 0.242 e. The van der Waals surface area contributed by atoms with Crippen LogP contribution in [0, 0.1) is 0 Å². The average Bonchev–Trinajstić information content (AvgIpc) is 2.53. The minimum absolute atomic E-state index is 0.148. The summed E-state index contributed by atoms with van der Waals surface area (Å²) in [5.74, 6) is -1.03. The number of fused-ring (bicyclic) bond motifs is 1. The first kappa shape index (κ1) is 14.8. The Kier molecular flexibility index (Phi) is 4.31. The molecule has 20 heavy (non-hydrogen) atoms. The van der Waals surface area contributed by atoms with Crippen molar-refractivity contribution in [3.8, 4) is 0 Å². The monoisotopic (exact) mass is 315 g/mol. The number of rotatable bonds is 3. The van der Waals surface area contributed by atoms with E-state index in [9.17, 15) is 18.0 Å². The van der Waals surface area contributed by atoms with E-state index in [1.54, 1.807) is 18.2 Å². The number of hydrogen-bond donors (Lipinski definition) is 3. The summed E-state index contributed by atoms with van der Waals surface area (Å²) in [6.07, 6.45) is 0. The molecule has 9 heteroatoms. The van der Waals surface area contributed by atoms with E-state index in [2.05, 4.69) is 10.0 Å². The maximum absolute atomic E-state index is 12.1. The second-order valence-electron chi connectivity index (χ2n) is 4.12. The number of nitrogens with two attached hydrogens (primary N) is 1. The van der Waals surface area contributed by atoms with Crippen molar-refractivity contribution >= 4 is 33.6 Å². The van der Waals surface area contributed by atoms with E-state index in [-0.39, 0.29) is 17.2 Å². The lowest BCUT2D eigenvalue weighted by molar-refractivity contribution is -0.125. The molecule has 0 unspecified atom stereocenters. The molecule has 1 aliphatic heterocycles. The molecule has 7 nitrogen and oxygen atoms in total. The Bertz CT molecular complexity index is 645. The van der Waals surface area contributed by atoms with Gasteiger partial charge >= 0.3 is 0 Å². The Hall–Kier alpha value is -1.58. The summed E-state index contributed by atoms with van der Waals surface area (Å²) in [5, 5.41) is 2.29. The van der Waals surface area contributed by atoms with Gasteiger partial charge in [0.15, 0.2) is 0 Å². The molecule has 0 saturated heterocycles. The minimum Gasteiger partial charge on any atom is -0.368 e. The Balaban J connectivity index is 2.19. The van der Waals surface area contributed by atoms with Crippen LogP contribution in [0.3, 0.4) is 0 Å². The van der Waals surface area contributed by atoms with Crippen LogP contribution >= 0.6 is 11.8 Å². The van der Waals surface area contributed by atoms with Gasteiger partial charge in [0.25, 0.3) is 0 Å². The fourth-order valence-electron chi connectivity index (χ4n) is 1.68. The van der Waals surface area contributed by atoms with E-state index in [4.69, 9.17) is 5.73 Å². The number of sulfonamides is 1. The van der Waals surface area contributed by atoms with Gasteiger partial charge in [0.2, 0.25) is 21.8 Å². The van der Waals surface area contributed by atoms with Gasteiger partial charge in [-0.15, -0.1) is 11.8 Å². The van der Waals surface area contributed by atoms with Crippen LogP contribution in [0.2, 0.25) is 0 Å². The Morgan fingerprint density at radius 2 is 2.10 bits per heavy atom. The number of benzene rings is 1. The van der Waals surface area contributed by atoms with Crippen LogP contribution in [0.1, 0.15) is 0 Å². The zero-order chi connectivity index (χ0) is 14.8. The van der Waals surface area contributed by atoms with Crippen molar-refractivity contribution in [1.29, 1.82) is 0 Å². The average molecular weight is 315 g/mol. The Morgan fingerprint density at radius 1 is 1.40 bits per heavy atom. The zero-order valence-corrected chi connectivity index (χ0v) is 12.0. The van der Waals surface area contributed by atoms with Crippen LogP contribution in [-0.2, 0) is 19.6 Å². The van der Waals surface area contributed by atoms with Crippen LogP contribution in [0.4, 0.5) is 0 Å². The van der Waals surface area contributed by atoms with E-state index in [1.165, 1.54) is 17.8 Å². The van der Waals surface area contributed by atoms with Gasteiger partial charge < -0.3 is 11.1 Å². The molecule has 108 valence electrons. The highest BCUT2D eigenvalue weighted by atomic mass is 32.2. The molecule has 0 aromatic heterocycles. The van der Waals surface area contributed by atoms with Gasteiger partial charge in [-0.05, 0) is 12.1 Å². The molecule has 1 aromatic rings. The van der Waals surface area contributed by atoms with E-state index in [1.807, 2.05) is 0 Å². The molecular formula is C11H13N3O4S2. The molecule has 2 rings (SSSR count). The van der Waals surface area contributed by atoms with E-state index < -0.39 is 27.9 Å². The highest BCUT2D eigenvalue weighted by molar-refractivity contribution is 8.00. The fraction of sp³-hybridized carbons (Fsp3) is 0.273. The first-order valence-electron chi connectivity index (χ1n) is 5.70. The highest BCUT2D eigenvalue weighted by Crippen LogP contribution is 2.29. The third-order valence-electron chi connectivity index (χ3n) is 2.59. The lowest BCUT2D eigenvalue weighted by Crippen LogP contribution is -2.49. The van der Waals surface area contributed by atoms with Crippen molar-refractivity contribution < 1.29 is 18.0 Å². The maximum atomic E-state index is 12.1. The van der Waals surface area contributed by atoms with Gasteiger partial charge in [-0.2, -0.15) is 4.72 Å². The topological polar surface area (TPSA) is 118 Å². The standard InChI is InChI=1S/C11H13N3O4S2/c12-10(15)5-13-11(16)7-6-19-8-3-1-2-4-9(8)20(17,18)14-7/h1-4,7,14H,5-6H2,(H2,12,15)(H,13,16)/t7-/m0/s1. The van der Waals surface area contributed by atoms with E-state index in [0.717, 1.165) is 0 Å². The summed E-state index contributed by atoms with van der Waals surface area (Å²) in [5.41, 5.74) is 4.93. The van der Waals surface area contributed by atoms with Crippen LogP contribution in [0.5, 0.6) is 0 Å². The molecule has 0 spiro atoms. The fourth-order valence-corrected chi connectivity index (χ4v) is 4.54. The molecule has 4 N–H and O–H groups in total. The number of carbonyl (C=O) groups excluding carboxylic acids is 2. The summed E-state index contributed by atoms with van der Waals surface area (Å²) < 4.78 is 26.6. The molecule has 0 fully saturated rings. The van der Waals surface area contributed by atoms with Crippen LogP contribution in [0.25, 0.3) is 0 Å². The predicted octanol–water partition coefficient (Wildman–Crippen LogP) is -0.959. The predicted molar refractivity (Wildman–Crippen MR) is 73.5 cm³/mol. The van der Waals surface area contributed by atoms with E-state index in [0.29, 0.717) is 4.90 Å². The third kappa shape index (κ3) is 3.30. The first-order valence-corrected chi connectivity index (χ1v) is 8.17. The lowest BCUT2D eigenvalue weighted by atomic mass is 10.3. The highest BCUT2D eigenvalue weighted by Gasteiger charge is 2.31. The molecule has 1 aromatic carbocycles. The van der Waals surface area contributed by atoms with Gasteiger partial charge in [-0.1, -0.05) is 12.1 Å². The van der Waals surface area contributed by atoms with Crippen molar-refractivity contribution in [2.45, 2.75) is 15.8 Å². The van der Waals surface area contributed by atoms with Gasteiger partial charge in [-0.25, -0.2) is 8.42 Å². The largest absolute Gasteiger partial charge is 0.368 e. The number of primary amides is 1. The molecule has 0 saturated carbocycles. The SMILES string of the molecule is NC(=O)CNC(=O)[C@@H]1CSc2ccccc2S(=O)(=O)N1. The molecular weight excluding hydrogens is 302 g/mol. The molecule has 1 heterocycles. The summed E-state index contributed by atoms with van der Waals surface area (Å²) in [6.45, 7) is -0.325. The second kappa shape index (κ2) is 5.81.